The Bertz CT molecular complexity index is 1290. The highest BCUT2D eigenvalue weighted by Gasteiger charge is 2.41. The molecule has 3 aromatic heterocycles. The summed E-state index contributed by atoms with van der Waals surface area (Å²) in [7, 11) is 0. The van der Waals surface area contributed by atoms with E-state index in [0.29, 0.717) is 28.7 Å². The van der Waals surface area contributed by atoms with Crippen molar-refractivity contribution in [1.29, 1.82) is 0 Å². The van der Waals surface area contributed by atoms with E-state index in [-0.39, 0.29) is 17.6 Å². The molecule has 33 heavy (non-hydrogen) atoms. The highest BCUT2D eigenvalue weighted by atomic mass is 32.1. The van der Waals surface area contributed by atoms with Crippen LogP contribution < -0.4 is 5.32 Å². The second-order valence-electron chi connectivity index (χ2n) is 7.70. The van der Waals surface area contributed by atoms with E-state index in [1.807, 2.05) is 54.7 Å². The minimum atomic E-state index is -0.980. The van der Waals surface area contributed by atoms with Gasteiger partial charge in [0, 0.05) is 30.7 Å². The topological polar surface area (TPSA) is 91.5 Å². The molecule has 0 aliphatic carbocycles. The van der Waals surface area contributed by atoms with Gasteiger partial charge in [0.05, 0.1) is 17.3 Å². The Morgan fingerprint density at radius 3 is 2.76 bits per heavy atom. The Morgan fingerprint density at radius 2 is 2.00 bits per heavy atom. The fourth-order valence-electron chi connectivity index (χ4n) is 4.05. The number of nitrogens with zero attached hydrogens (tertiary/aromatic N) is 3. The number of pyridine rings is 2. The van der Waals surface area contributed by atoms with Crippen molar-refractivity contribution in [2.75, 3.05) is 0 Å². The van der Waals surface area contributed by atoms with E-state index in [0.717, 1.165) is 11.3 Å². The zero-order valence-corrected chi connectivity index (χ0v) is 18.3. The monoisotopic (exact) mass is 456 g/mol. The molecule has 5 rings (SSSR count). The number of thiocarbonyl (C=S) groups is 1. The Hall–Kier alpha value is -4.04. The number of nitrogens with one attached hydrogen (secondary N) is 1. The van der Waals surface area contributed by atoms with Gasteiger partial charge in [0.1, 0.15) is 17.6 Å². The van der Waals surface area contributed by atoms with Gasteiger partial charge in [0.15, 0.2) is 5.11 Å². The number of aromatic carboxylic acids is 1. The van der Waals surface area contributed by atoms with Crippen molar-refractivity contribution in [2.45, 2.75) is 18.6 Å². The third-order valence-electron chi connectivity index (χ3n) is 5.59. The molecule has 1 saturated heterocycles. The molecule has 2 atom stereocenters. The van der Waals surface area contributed by atoms with E-state index < -0.39 is 5.97 Å². The molecular weight excluding hydrogens is 436 g/mol. The fraction of sp³-hybridized carbons (Fsp3) is 0.120. The van der Waals surface area contributed by atoms with Gasteiger partial charge in [-0.2, -0.15) is 0 Å². The number of carboxylic acid groups (broad SMARTS) is 1. The molecule has 1 aromatic carbocycles. The maximum atomic E-state index is 11.4. The van der Waals surface area contributed by atoms with Crippen LogP contribution in [0.2, 0.25) is 0 Å². The molecule has 1 fully saturated rings. The summed E-state index contributed by atoms with van der Waals surface area (Å²) in [6.07, 6.45) is 5.31. The number of carbonyl (C=O) groups is 1. The quantitative estimate of drug-likeness (QED) is 0.407. The molecule has 4 heterocycles. The summed E-state index contributed by atoms with van der Waals surface area (Å²) in [6.45, 7) is 0.554. The van der Waals surface area contributed by atoms with E-state index in [9.17, 15) is 9.90 Å². The number of rotatable bonds is 6. The lowest BCUT2D eigenvalue weighted by Gasteiger charge is -2.26. The molecule has 0 amide bonds. The van der Waals surface area contributed by atoms with Crippen LogP contribution in [-0.2, 0) is 6.54 Å². The number of carboxylic acids is 1. The van der Waals surface area contributed by atoms with Gasteiger partial charge < -0.3 is 19.7 Å². The predicted octanol–water partition coefficient (Wildman–Crippen LogP) is 4.61. The summed E-state index contributed by atoms with van der Waals surface area (Å²) in [5.74, 6) is 0.316. The zero-order chi connectivity index (χ0) is 22.8. The second kappa shape index (κ2) is 8.84. The summed E-state index contributed by atoms with van der Waals surface area (Å²) in [5, 5.41) is 13.3. The summed E-state index contributed by atoms with van der Waals surface area (Å²) >= 11 is 5.70. The van der Waals surface area contributed by atoms with Gasteiger partial charge in [-0.1, -0.05) is 24.3 Å². The smallest absolute Gasteiger partial charge is 0.335 e. The summed E-state index contributed by atoms with van der Waals surface area (Å²) < 4.78 is 6.28. The normalized spacial score (nSPS) is 17.7. The number of hydrogen-bond acceptors (Lipinski definition) is 5. The van der Waals surface area contributed by atoms with Crippen molar-refractivity contribution in [1.82, 2.24) is 20.2 Å². The number of furan rings is 1. The number of benzene rings is 1. The molecule has 1 aliphatic rings. The standard InChI is InChI=1S/C25H20N4O3S/c30-24(31)18-7-3-6-17(13-18)20-9-10-21(32-20)23-22(19-8-1-2-12-27-19)28-25(33)29(23)15-16-5-4-11-26-14-16/h1-14,22-23H,15H2,(H,28,33)(H,30,31)/t22-,23+/m1/s1. The van der Waals surface area contributed by atoms with E-state index >= 15 is 0 Å². The molecule has 0 saturated carbocycles. The molecule has 0 radical (unpaired) electrons. The lowest BCUT2D eigenvalue weighted by Crippen LogP contribution is -2.29. The third kappa shape index (κ3) is 4.20. The Kier molecular flexibility index (Phi) is 5.58. The largest absolute Gasteiger partial charge is 0.478 e. The molecule has 0 spiro atoms. The Labute approximate surface area is 195 Å². The van der Waals surface area contributed by atoms with Crippen LogP contribution in [0.15, 0.2) is 89.7 Å². The van der Waals surface area contributed by atoms with E-state index in [1.165, 1.54) is 0 Å². The van der Waals surface area contributed by atoms with Gasteiger partial charge >= 0.3 is 5.97 Å². The minimum absolute atomic E-state index is 0.207. The van der Waals surface area contributed by atoms with Crippen LogP contribution in [-0.4, -0.2) is 31.1 Å². The third-order valence-corrected chi connectivity index (χ3v) is 5.94. The van der Waals surface area contributed by atoms with Crippen LogP contribution in [0.25, 0.3) is 11.3 Å². The molecule has 164 valence electrons. The number of hydrogen-bond donors (Lipinski definition) is 2. The van der Waals surface area contributed by atoms with Gasteiger partial charge in [-0.25, -0.2) is 4.79 Å². The molecule has 0 unspecified atom stereocenters. The Morgan fingerprint density at radius 1 is 1.09 bits per heavy atom. The van der Waals surface area contributed by atoms with Crippen molar-refractivity contribution < 1.29 is 14.3 Å². The van der Waals surface area contributed by atoms with Crippen molar-refractivity contribution in [3.63, 3.8) is 0 Å². The van der Waals surface area contributed by atoms with E-state index in [2.05, 4.69) is 20.2 Å². The summed E-state index contributed by atoms with van der Waals surface area (Å²) in [5.41, 5.74) is 2.78. The Balaban J connectivity index is 1.53. The lowest BCUT2D eigenvalue weighted by atomic mass is 10.0. The van der Waals surface area contributed by atoms with E-state index in [4.69, 9.17) is 16.6 Å². The first-order valence-corrected chi connectivity index (χ1v) is 10.8. The van der Waals surface area contributed by atoms with Crippen LogP contribution in [0.1, 0.15) is 39.5 Å². The van der Waals surface area contributed by atoms with Gasteiger partial charge in [-0.3, -0.25) is 9.97 Å². The molecule has 2 N–H and O–H groups in total. The van der Waals surface area contributed by atoms with Gasteiger partial charge in [-0.05, 0) is 60.2 Å². The van der Waals surface area contributed by atoms with E-state index in [1.54, 1.807) is 30.6 Å². The van der Waals surface area contributed by atoms with Crippen LogP contribution in [0.3, 0.4) is 0 Å². The molecule has 0 bridgehead atoms. The highest BCUT2D eigenvalue weighted by molar-refractivity contribution is 7.80. The van der Waals surface area contributed by atoms with Crippen molar-refractivity contribution >= 4 is 23.3 Å². The second-order valence-corrected chi connectivity index (χ2v) is 8.09. The average molecular weight is 457 g/mol. The minimum Gasteiger partial charge on any atom is -0.478 e. The maximum absolute atomic E-state index is 11.4. The average Bonchev–Trinajstić information content (AvgIpc) is 3.45. The van der Waals surface area contributed by atoms with Crippen LogP contribution in [0.5, 0.6) is 0 Å². The zero-order valence-electron chi connectivity index (χ0n) is 17.5. The first kappa shape index (κ1) is 20.8. The van der Waals surface area contributed by atoms with Gasteiger partial charge in [-0.15, -0.1) is 0 Å². The SMILES string of the molecule is O=C(O)c1cccc(-c2ccc([C@H]3[C@@H](c4ccccn4)NC(=S)N3Cc3cccnc3)o2)c1. The summed E-state index contributed by atoms with van der Waals surface area (Å²) in [4.78, 5) is 22.2. The molecule has 1 aliphatic heterocycles. The van der Waals surface area contributed by atoms with Crippen LogP contribution >= 0.6 is 12.2 Å². The fourth-order valence-corrected chi connectivity index (χ4v) is 4.35. The first-order chi connectivity index (χ1) is 16.1. The van der Waals surface area contributed by atoms with Crippen molar-refractivity contribution in [3.05, 3.63) is 108 Å². The highest BCUT2D eigenvalue weighted by Crippen LogP contribution is 2.41. The van der Waals surface area contributed by atoms with Crippen LogP contribution in [0, 0.1) is 0 Å². The lowest BCUT2D eigenvalue weighted by molar-refractivity contribution is 0.0697. The van der Waals surface area contributed by atoms with Gasteiger partial charge in [0.2, 0.25) is 0 Å². The number of aromatic nitrogens is 2. The van der Waals surface area contributed by atoms with Gasteiger partial charge in [0.25, 0.3) is 0 Å². The van der Waals surface area contributed by atoms with Crippen molar-refractivity contribution in [2.24, 2.45) is 0 Å². The molecular formula is C25H20N4O3S. The summed E-state index contributed by atoms with van der Waals surface area (Å²) in [6, 6.07) is 19.7. The molecule has 7 nitrogen and oxygen atoms in total. The molecule has 8 heteroatoms. The molecule has 4 aromatic rings. The van der Waals surface area contributed by atoms with Crippen LogP contribution in [0.4, 0.5) is 0 Å². The predicted molar refractivity (Wildman–Crippen MR) is 126 cm³/mol. The first-order valence-electron chi connectivity index (χ1n) is 10.4. The van der Waals surface area contributed by atoms with Crippen molar-refractivity contribution in [3.8, 4) is 11.3 Å². The maximum Gasteiger partial charge on any atom is 0.335 e.